The maximum atomic E-state index is 12.3. The number of ether oxygens (including phenoxy) is 1. The standard InChI is InChI=1S/C19H27ClN2O4/c1-13(2)17(22-19(3,4)12-23)18(25)21-11-7-10-16(24)26-15-9-6-5-8-14(15)20/h5-6,8-9,12-13,17,22H,7,10-11H2,1-4H3,(H,21,25)/t17-/m0/s1. The first kappa shape index (κ1) is 22.1. The number of amides is 1. The van der Waals surface area contributed by atoms with Gasteiger partial charge in [0.2, 0.25) is 5.91 Å². The van der Waals surface area contributed by atoms with Crippen molar-refractivity contribution < 1.29 is 19.1 Å². The Morgan fingerprint density at radius 1 is 1.27 bits per heavy atom. The van der Waals surface area contributed by atoms with Crippen LogP contribution < -0.4 is 15.4 Å². The highest BCUT2D eigenvalue weighted by Crippen LogP contribution is 2.23. The van der Waals surface area contributed by atoms with Crippen molar-refractivity contribution in [3.05, 3.63) is 29.3 Å². The summed E-state index contributed by atoms with van der Waals surface area (Å²) in [5.41, 5.74) is -0.787. The zero-order valence-corrected chi connectivity index (χ0v) is 16.4. The van der Waals surface area contributed by atoms with E-state index >= 15 is 0 Å². The van der Waals surface area contributed by atoms with Crippen LogP contribution in [0.5, 0.6) is 5.75 Å². The van der Waals surface area contributed by atoms with Gasteiger partial charge in [-0.1, -0.05) is 37.6 Å². The SMILES string of the molecule is CC(C)[C@H](NC(C)(C)C=O)C(=O)NCCCC(=O)Oc1ccccc1Cl. The molecule has 2 N–H and O–H groups in total. The third kappa shape index (κ3) is 7.54. The largest absolute Gasteiger partial charge is 0.425 e. The first-order chi connectivity index (χ1) is 12.2. The molecule has 144 valence electrons. The highest BCUT2D eigenvalue weighted by atomic mass is 35.5. The van der Waals surface area contributed by atoms with Gasteiger partial charge in [0.25, 0.3) is 0 Å². The minimum atomic E-state index is -0.787. The van der Waals surface area contributed by atoms with Gasteiger partial charge in [0.05, 0.1) is 16.6 Å². The van der Waals surface area contributed by atoms with Crippen LogP contribution in [0.1, 0.15) is 40.5 Å². The van der Waals surface area contributed by atoms with Crippen molar-refractivity contribution in [3.8, 4) is 5.75 Å². The summed E-state index contributed by atoms with van der Waals surface area (Å²) in [6.45, 7) is 7.57. The third-order valence-electron chi connectivity index (χ3n) is 3.69. The maximum absolute atomic E-state index is 12.3. The number of hydrogen-bond donors (Lipinski definition) is 2. The molecule has 1 amide bonds. The van der Waals surface area contributed by atoms with Crippen molar-refractivity contribution in [2.24, 2.45) is 5.92 Å². The summed E-state index contributed by atoms with van der Waals surface area (Å²) >= 11 is 5.93. The van der Waals surface area contributed by atoms with E-state index in [0.29, 0.717) is 23.7 Å². The molecule has 26 heavy (non-hydrogen) atoms. The molecule has 0 aliphatic carbocycles. The summed E-state index contributed by atoms with van der Waals surface area (Å²) in [6, 6.07) is 6.25. The van der Waals surface area contributed by atoms with Crippen LogP contribution in [0.3, 0.4) is 0 Å². The highest BCUT2D eigenvalue weighted by molar-refractivity contribution is 6.32. The van der Waals surface area contributed by atoms with Crippen molar-refractivity contribution in [1.29, 1.82) is 0 Å². The van der Waals surface area contributed by atoms with E-state index in [0.717, 1.165) is 6.29 Å². The lowest BCUT2D eigenvalue weighted by atomic mass is 9.98. The number of carbonyl (C=O) groups is 3. The lowest BCUT2D eigenvalue weighted by Gasteiger charge is -2.29. The molecule has 0 spiro atoms. The van der Waals surface area contributed by atoms with Crippen LogP contribution in [-0.4, -0.2) is 36.3 Å². The number of aldehydes is 1. The van der Waals surface area contributed by atoms with Crippen LogP contribution in [0, 0.1) is 5.92 Å². The van der Waals surface area contributed by atoms with Gasteiger partial charge in [-0.2, -0.15) is 0 Å². The zero-order valence-electron chi connectivity index (χ0n) is 15.7. The third-order valence-corrected chi connectivity index (χ3v) is 4.00. The first-order valence-electron chi connectivity index (χ1n) is 8.63. The second-order valence-electron chi connectivity index (χ2n) is 7.00. The number of carbonyl (C=O) groups excluding carboxylic acids is 3. The summed E-state index contributed by atoms with van der Waals surface area (Å²) < 4.78 is 5.18. The van der Waals surface area contributed by atoms with Gasteiger partial charge in [-0.15, -0.1) is 0 Å². The number of esters is 1. The second kappa shape index (κ2) is 10.3. The molecule has 0 saturated carbocycles. The number of halogens is 1. The van der Waals surface area contributed by atoms with Gasteiger partial charge in [0, 0.05) is 13.0 Å². The van der Waals surface area contributed by atoms with Gasteiger partial charge in [-0.05, 0) is 38.3 Å². The molecule has 0 fully saturated rings. The van der Waals surface area contributed by atoms with Crippen LogP contribution in [0.25, 0.3) is 0 Å². The van der Waals surface area contributed by atoms with Crippen LogP contribution in [0.4, 0.5) is 0 Å². The van der Waals surface area contributed by atoms with Crippen LogP contribution in [0.15, 0.2) is 24.3 Å². The molecule has 0 saturated heterocycles. The average molecular weight is 383 g/mol. The van der Waals surface area contributed by atoms with E-state index in [2.05, 4.69) is 10.6 Å². The predicted molar refractivity (Wildman–Crippen MR) is 101 cm³/mol. The first-order valence-corrected chi connectivity index (χ1v) is 9.01. The predicted octanol–water partition coefficient (Wildman–Crippen LogP) is 2.73. The fraction of sp³-hybridized carbons (Fsp3) is 0.526. The Labute approximate surface area is 159 Å². The van der Waals surface area contributed by atoms with Gasteiger partial charge in [0.15, 0.2) is 0 Å². The summed E-state index contributed by atoms with van der Waals surface area (Å²) in [7, 11) is 0. The van der Waals surface area contributed by atoms with Crippen LogP contribution >= 0.6 is 11.6 Å². The number of rotatable bonds is 10. The molecule has 1 rings (SSSR count). The van der Waals surface area contributed by atoms with E-state index in [1.165, 1.54) is 0 Å². The number of hydrogen-bond acceptors (Lipinski definition) is 5. The Hall–Kier alpha value is -1.92. The van der Waals surface area contributed by atoms with E-state index < -0.39 is 17.6 Å². The van der Waals surface area contributed by atoms with Crippen molar-refractivity contribution in [2.45, 2.75) is 52.1 Å². The minimum Gasteiger partial charge on any atom is -0.425 e. The van der Waals surface area contributed by atoms with Crippen LogP contribution in [-0.2, 0) is 14.4 Å². The van der Waals surface area contributed by atoms with E-state index in [4.69, 9.17) is 16.3 Å². The zero-order chi connectivity index (χ0) is 19.7. The molecule has 1 aromatic carbocycles. The number of nitrogens with one attached hydrogen (secondary N) is 2. The average Bonchev–Trinajstić information content (AvgIpc) is 2.58. The highest BCUT2D eigenvalue weighted by Gasteiger charge is 2.28. The Morgan fingerprint density at radius 2 is 1.92 bits per heavy atom. The number of para-hydroxylation sites is 1. The molecule has 1 atom stereocenters. The lowest BCUT2D eigenvalue weighted by molar-refractivity contribution is -0.134. The van der Waals surface area contributed by atoms with Crippen molar-refractivity contribution >= 4 is 29.8 Å². The maximum Gasteiger partial charge on any atom is 0.311 e. The van der Waals surface area contributed by atoms with E-state index in [1.54, 1.807) is 38.1 Å². The molecule has 0 aliphatic rings. The normalized spacial score (nSPS) is 12.5. The van der Waals surface area contributed by atoms with Gasteiger partial charge in [-0.3, -0.25) is 14.9 Å². The fourth-order valence-corrected chi connectivity index (χ4v) is 2.40. The molecule has 0 heterocycles. The minimum absolute atomic E-state index is 0.0133. The Morgan fingerprint density at radius 3 is 2.50 bits per heavy atom. The second-order valence-corrected chi connectivity index (χ2v) is 7.41. The van der Waals surface area contributed by atoms with Gasteiger partial charge < -0.3 is 14.8 Å². The summed E-state index contributed by atoms with van der Waals surface area (Å²) in [6.07, 6.45) is 1.38. The molecule has 0 radical (unpaired) electrons. The smallest absolute Gasteiger partial charge is 0.311 e. The lowest BCUT2D eigenvalue weighted by Crippen LogP contribution is -2.56. The molecule has 0 unspecified atom stereocenters. The summed E-state index contributed by atoms with van der Waals surface area (Å²) in [5.74, 6) is -0.273. The monoisotopic (exact) mass is 382 g/mol. The molecule has 0 aromatic heterocycles. The Bertz CT molecular complexity index is 632. The molecule has 0 bridgehead atoms. The molecular formula is C19H27ClN2O4. The van der Waals surface area contributed by atoms with E-state index in [1.807, 2.05) is 13.8 Å². The van der Waals surface area contributed by atoms with Gasteiger partial charge >= 0.3 is 5.97 Å². The van der Waals surface area contributed by atoms with Crippen LogP contribution in [0.2, 0.25) is 5.02 Å². The van der Waals surface area contributed by atoms with Crippen molar-refractivity contribution in [1.82, 2.24) is 10.6 Å². The Kier molecular flexibility index (Phi) is 8.75. The van der Waals surface area contributed by atoms with Gasteiger partial charge in [0.1, 0.15) is 12.0 Å². The summed E-state index contributed by atoms with van der Waals surface area (Å²) in [4.78, 5) is 35.2. The fourth-order valence-electron chi connectivity index (χ4n) is 2.23. The Balaban J connectivity index is 2.41. The van der Waals surface area contributed by atoms with E-state index in [9.17, 15) is 14.4 Å². The molecule has 1 aromatic rings. The summed E-state index contributed by atoms with van der Waals surface area (Å²) in [5, 5.41) is 6.21. The molecular weight excluding hydrogens is 356 g/mol. The van der Waals surface area contributed by atoms with Gasteiger partial charge in [-0.25, -0.2) is 0 Å². The molecule has 7 heteroatoms. The van der Waals surface area contributed by atoms with Crippen molar-refractivity contribution in [2.75, 3.05) is 6.54 Å². The van der Waals surface area contributed by atoms with E-state index in [-0.39, 0.29) is 18.2 Å². The van der Waals surface area contributed by atoms with Crippen molar-refractivity contribution in [3.63, 3.8) is 0 Å². The number of benzene rings is 1. The molecule has 6 nitrogen and oxygen atoms in total. The topological polar surface area (TPSA) is 84.5 Å². The quantitative estimate of drug-likeness (QED) is 0.281. The molecule has 0 aliphatic heterocycles.